The number of nitrogens with zero attached hydrogens (tertiary/aromatic N) is 5. The molecule has 260 valence electrons. The average Bonchev–Trinajstić information content (AvgIpc) is 3.13. The Kier molecular flexibility index (Phi) is 8.60. The molecule has 2 amide bonds. The van der Waals surface area contributed by atoms with Gasteiger partial charge in [-0.3, -0.25) is 24.6 Å². The quantitative estimate of drug-likeness (QED) is 0.173. The van der Waals surface area contributed by atoms with Crippen LogP contribution < -0.4 is 31.7 Å². The van der Waals surface area contributed by atoms with Crippen LogP contribution in [0.4, 0.5) is 28.7 Å². The molecule has 2 aromatic heterocycles. The van der Waals surface area contributed by atoms with Gasteiger partial charge in [-0.15, -0.1) is 0 Å². The van der Waals surface area contributed by atoms with E-state index in [0.29, 0.717) is 24.7 Å². The first kappa shape index (κ1) is 32.5. The van der Waals surface area contributed by atoms with Gasteiger partial charge < -0.3 is 25.8 Å². The van der Waals surface area contributed by atoms with Crippen LogP contribution in [0.3, 0.4) is 0 Å². The number of carbonyl (C=O) groups excluding carboxylic acids is 2. The number of aromatic amines is 1. The number of nitrogen functional groups attached to an aromatic ring is 1. The molecule has 12 nitrogen and oxygen atoms in total. The highest BCUT2D eigenvalue weighted by Crippen LogP contribution is 2.31. The highest BCUT2D eigenvalue weighted by atomic mass is 16.2. The first-order chi connectivity index (χ1) is 24.8. The van der Waals surface area contributed by atoms with Crippen LogP contribution in [-0.2, 0) is 9.59 Å². The SMILES string of the molecule is Cc1c(-c2ccc3cnc(Nc4ccc(N5CC(CN6CCN(c7ccc(C8CCC(=O)NC8=O)cc7)CC6)C5)cc4)nc3c2)c[nH]c(=O)c1N. The van der Waals surface area contributed by atoms with Gasteiger partial charge >= 0.3 is 0 Å². The Balaban J connectivity index is 0.811. The summed E-state index contributed by atoms with van der Waals surface area (Å²) in [5.74, 6) is 0.549. The second-order valence-electron chi connectivity index (χ2n) is 13.9. The second-order valence-corrected chi connectivity index (χ2v) is 13.9. The first-order valence-electron chi connectivity index (χ1n) is 17.6. The third-order valence-electron chi connectivity index (χ3n) is 10.5. The van der Waals surface area contributed by atoms with E-state index in [0.717, 1.165) is 84.7 Å². The minimum Gasteiger partial charge on any atom is -0.394 e. The number of imide groups is 1. The minimum atomic E-state index is -0.285. The molecule has 8 rings (SSSR count). The van der Waals surface area contributed by atoms with Crippen molar-refractivity contribution in [2.24, 2.45) is 5.92 Å². The van der Waals surface area contributed by atoms with E-state index < -0.39 is 0 Å². The summed E-state index contributed by atoms with van der Waals surface area (Å²) in [5.41, 5.74) is 13.5. The molecule has 3 aliphatic rings. The summed E-state index contributed by atoms with van der Waals surface area (Å²) in [4.78, 5) is 55.0. The highest BCUT2D eigenvalue weighted by Gasteiger charge is 2.31. The predicted octanol–water partition coefficient (Wildman–Crippen LogP) is 4.40. The molecule has 51 heavy (non-hydrogen) atoms. The van der Waals surface area contributed by atoms with Gasteiger partial charge in [0.2, 0.25) is 17.8 Å². The summed E-state index contributed by atoms with van der Waals surface area (Å²) in [7, 11) is 0. The number of piperidine rings is 1. The van der Waals surface area contributed by atoms with Gasteiger partial charge in [0.25, 0.3) is 5.56 Å². The fourth-order valence-corrected chi connectivity index (χ4v) is 7.45. The summed E-state index contributed by atoms with van der Waals surface area (Å²) >= 11 is 0. The number of amides is 2. The Morgan fingerprint density at radius 2 is 1.63 bits per heavy atom. The van der Waals surface area contributed by atoms with Gasteiger partial charge in [0.05, 0.1) is 11.4 Å². The molecule has 1 atom stereocenters. The lowest BCUT2D eigenvalue weighted by Crippen LogP contribution is -2.55. The lowest BCUT2D eigenvalue weighted by atomic mass is 9.90. The molecule has 0 spiro atoms. The van der Waals surface area contributed by atoms with E-state index in [9.17, 15) is 14.4 Å². The van der Waals surface area contributed by atoms with Crippen LogP contribution >= 0.6 is 0 Å². The number of pyridine rings is 1. The van der Waals surface area contributed by atoms with Crippen LogP contribution in [0.25, 0.3) is 22.0 Å². The number of benzene rings is 3. The Labute approximate surface area is 295 Å². The highest BCUT2D eigenvalue weighted by molar-refractivity contribution is 6.01. The Bertz CT molecular complexity index is 2150. The summed E-state index contributed by atoms with van der Waals surface area (Å²) in [5, 5.41) is 6.72. The molecule has 5 aromatic rings. The zero-order valence-electron chi connectivity index (χ0n) is 28.6. The smallest absolute Gasteiger partial charge is 0.271 e. The Morgan fingerprint density at radius 1 is 0.902 bits per heavy atom. The first-order valence-corrected chi connectivity index (χ1v) is 17.6. The van der Waals surface area contributed by atoms with Crippen LogP contribution in [0.1, 0.15) is 29.9 Å². The molecule has 3 fully saturated rings. The molecule has 3 saturated heterocycles. The van der Waals surface area contributed by atoms with Gasteiger partial charge in [0.15, 0.2) is 0 Å². The van der Waals surface area contributed by atoms with Crippen LogP contribution in [0, 0.1) is 12.8 Å². The lowest BCUT2D eigenvalue weighted by Gasteiger charge is -2.45. The topological polar surface area (TPSA) is 153 Å². The lowest BCUT2D eigenvalue weighted by molar-refractivity contribution is -0.134. The van der Waals surface area contributed by atoms with E-state index in [1.165, 1.54) is 11.4 Å². The van der Waals surface area contributed by atoms with Crippen molar-refractivity contribution in [1.82, 2.24) is 25.2 Å². The molecule has 5 N–H and O–H groups in total. The summed E-state index contributed by atoms with van der Waals surface area (Å²) in [6.07, 6.45) is 4.47. The maximum Gasteiger partial charge on any atom is 0.271 e. The van der Waals surface area contributed by atoms with E-state index in [-0.39, 0.29) is 29.0 Å². The molecule has 0 saturated carbocycles. The van der Waals surface area contributed by atoms with Crippen LogP contribution in [0.5, 0.6) is 0 Å². The van der Waals surface area contributed by atoms with E-state index in [1.807, 2.05) is 37.3 Å². The number of H-pyrrole nitrogens is 1. The van der Waals surface area contributed by atoms with Crippen molar-refractivity contribution in [1.29, 1.82) is 0 Å². The van der Waals surface area contributed by atoms with Gasteiger partial charge in [-0.1, -0.05) is 24.3 Å². The molecule has 3 aromatic carbocycles. The molecule has 0 aliphatic carbocycles. The third kappa shape index (κ3) is 6.74. The normalized spacial score (nSPS) is 18.5. The summed E-state index contributed by atoms with van der Waals surface area (Å²) in [6.45, 7) is 9.07. The number of anilines is 5. The van der Waals surface area contributed by atoms with E-state index in [1.54, 1.807) is 12.4 Å². The molecule has 5 heterocycles. The molecule has 3 aliphatic heterocycles. The summed E-state index contributed by atoms with van der Waals surface area (Å²) in [6, 6.07) is 22.6. The fourth-order valence-electron chi connectivity index (χ4n) is 7.45. The standard InChI is InChI=1S/C39H41N9O3/c1-24-33(20-41-38(51)36(24)40)27-2-3-28-19-42-39(44-34(28)18-27)43-29-6-10-31(11-7-29)48-22-25(23-48)21-46-14-16-47(17-15-46)30-8-4-26(5-9-30)32-12-13-35(49)45-37(32)50/h2-11,18-20,25,32H,12-17,21-23,40H2,1H3,(H,41,51)(H,42,43,44)(H,45,49,50). The van der Waals surface area contributed by atoms with E-state index in [2.05, 4.69) is 71.7 Å². The molecular weight excluding hydrogens is 642 g/mol. The van der Waals surface area contributed by atoms with Gasteiger partial charge in [0.1, 0.15) is 5.69 Å². The monoisotopic (exact) mass is 683 g/mol. The van der Waals surface area contributed by atoms with Crippen LogP contribution in [0.2, 0.25) is 0 Å². The number of rotatable bonds is 8. The molecule has 0 radical (unpaired) electrons. The molecular formula is C39H41N9O3. The zero-order valence-corrected chi connectivity index (χ0v) is 28.6. The number of piperazine rings is 1. The van der Waals surface area contributed by atoms with Gasteiger partial charge in [-0.2, -0.15) is 0 Å². The number of hydrogen-bond acceptors (Lipinski definition) is 10. The number of carbonyl (C=O) groups is 2. The van der Waals surface area contributed by atoms with Crippen molar-refractivity contribution in [3.63, 3.8) is 0 Å². The van der Waals surface area contributed by atoms with Crippen molar-refractivity contribution in [3.05, 3.63) is 101 Å². The zero-order chi connectivity index (χ0) is 35.1. The number of fused-ring (bicyclic) bond motifs is 1. The number of nitrogens with one attached hydrogen (secondary N) is 3. The molecule has 0 bridgehead atoms. The molecule has 12 heteroatoms. The maximum atomic E-state index is 12.2. The summed E-state index contributed by atoms with van der Waals surface area (Å²) < 4.78 is 0. The van der Waals surface area contributed by atoms with E-state index >= 15 is 0 Å². The average molecular weight is 684 g/mol. The van der Waals surface area contributed by atoms with Crippen molar-refractivity contribution in [2.75, 3.05) is 66.7 Å². The largest absolute Gasteiger partial charge is 0.394 e. The van der Waals surface area contributed by atoms with Crippen molar-refractivity contribution >= 4 is 51.4 Å². The number of aromatic nitrogens is 3. The predicted molar refractivity (Wildman–Crippen MR) is 200 cm³/mol. The Hall–Kier alpha value is -5.75. The van der Waals surface area contributed by atoms with Gasteiger partial charge in [-0.25, -0.2) is 9.97 Å². The van der Waals surface area contributed by atoms with Gasteiger partial charge in [0, 0.05) is 98.6 Å². The Morgan fingerprint density at radius 3 is 2.37 bits per heavy atom. The van der Waals surface area contributed by atoms with Crippen LogP contribution in [0.15, 0.2) is 83.9 Å². The number of hydrogen-bond donors (Lipinski definition) is 4. The minimum absolute atomic E-state index is 0.180. The third-order valence-corrected chi connectivity index (χ3v) is 10.5. The molecule has 1 unspecified atom stereocenters. The van der Waals surface area contributed by atoms with Crippen molar-refractivity contribution in [2.45, 2.75) is 25.7 Å². The van der Waals surface area contributed by atoms with Crippen molar-refractivity contribution < 1.29 is 9.59 Å². The van der Waals surface area contributed by atoms with Crippen LogP contribution in [-0.4, -0.2) is 77.5 Å². The number of nitrogens with two attached hydrogens (primary N) is 1. The van der Waals surface area contributed by atoms with E-state index in [4.69, 9.17) is 10.7 Å². The van der Waals surface area contributed by atoms with Crippen molar-refractivity contribution in [3.8, 4) is 11.1 Å². The van der Waals surface area contributed by atoms with Gasteiger partial charge in [-0.05, 0) is 72.5 Å². The second kappa shape index (κ2) is 13.5. The maximum absolute atomic E-state index is 12.2. The fraction of sp³-hybridized carbons (Fsp3) is 0.308.